The van der Waals surface area contributed by atoms with Crippen LogP contribution in [0, 0.1) is 0 Å². The molecule has 0 atom stereocenters. The van der Waals surface area contributed by atoms with Crippen LogP contribution in [0.2, 0.25) is 0 Å². The maximum absolute atomic E-state index is 11.4. The smallest absolute Gasteiger partial charge is 0.222 e. The zero-order valence-electron chi connectivity index (χ0n) is 8.03. The molecule has 1 amide bonds. The number of rotatable bonds is 5. The predicted molar refractivity (Wildman–Crippen MR) is 52.8 cm³/mol. The number of aromatic nitrogens is 3. The van der Waals surface area contributed by atoms with Crippen LogP contribution in [0.25, 0.3) is 0 Å². The van der Waals surface area contributed by atoms with Gasteiger partial charge in [-0.2, -0.15) is 5.10 Å². The number of nitrogens with zero attached hydrogens (tertiary/aromatic N) is 3. The van der Waals surface area contributed by atoms with Crippen molar-refractivity contribution in [1.29, 1.82) is 0 Å². The lowest BCUT2D eigenvalue weighted by Gasteiger charge is -2.14. The molecule has 0 bridgehead atoms. The minimum atomic E-state index is 0.0713. The molecule has 0 spiro atoms. The van der Waals surface area contributed by atoms with E-state index in [0.29, 0.717) is 31.1 Å². The minimum absolute atomic E-state index is 0.0713. The summed E-state index contributed by atoms with van der Waals surface area (Å²) in [5.74, 6) is 1.27. The lowest BCUT2D eigenvalue weighted by atomic mass is 10.3. The molecule has 14 heavy (non-hydrogen) atoms. The largest absolute Gasteiger partial charge is 0.338 e. The van der Waals surface area contributed by atoms with Crippen molar-refractivity contribution in [3.63, 3.8) is 0 Å². The normalized spacial score (nSPS) is 10.1. The molecule has 1 heterocycles. The number of H-pyrrole nitrogens is 1. The van der Waals surface area contributed by atoms with Crippen molar-refractivity contribution in [3.05, 3.63) is 12.2 Å². The molecule has 0 unspecified atom stereocenters. The second kappa shape index (κ2) is 5.59. The third-order valence-corrected chi connectivity index (χ3v) is 2.07. The summed E-state index contributed by atoms with van der Waals surface area (Å²) in [7, 11) is 1.74. The lowest BCUT2D eigenvalue weighted by Crippen LogP contribution is -2.26. The highest BCUT2D eigenvalue weighted by atomic mass is 35.5. The second-order valence-corrected chi connectivity index (χ2v) is 3.35. The molecule has 5 nitrogen and oxygen atoms in total. The van der Waals surface area contributed by atoms with Crippen molar-refractivity contribution in [3.8, 4) is 0 Å². The third kappa shape index (κ3) is 3.33. The molecule has 0 aromatic carbocycles. The standard InChI is InChI=1S/C8H13ClN4O/c1-13(8(14)3-2-4-9)5-7-10-6-11-12-7/h6H,2-5H2,1H3,(H,10,11,12). The van der Waals surface area contributed by atoms with Gasteiger partial charge < -0.3 is 4.90 Å². The Balaban J connectivity index is 2.34. The molecule has 6 heteroatoms. The van der Waals surface area contributed by atoms with Crippen molar-refractivity contribution in [2.24, 2.45) is 0 Å². The third-order valence-electron chi connectivity index (χ3n) is 1.80. The Labute approximate surface area is 87.5 Å². The molecule has 0 saturated carbocycles. The first-order valence-electron chi connectivity index (χ1n) is 4.38. The van der Waals surface area contributed by atoms with Gasteiger partial charge in [0.25, 0.3) is 0 Å². The maximum Gasteiger partial charge on any atom is 0.222 e. The van der Waals surface area contributed by atoms with Gasteiger partial charge in [-0.05, 0) is 6.42 Å². The molecule has 78 valence electrons. The topological polar surface area (TPSA) is 61.9 Å². The van der Waals surface area contributed by atoms with Gasteiger partial charge in [0.05, 0.1) is 6.54 Å². The van der Waals surface area contributed by atoms with Crippen molar-refractivity contribution in [1.82, 2.24) is 20.1 Å². The Morgan fingerprint density at radius 1 is 1.71 bits per heavy atom. The number of hydrogen-bond acceptors (Lipinski definition) is 3. The van der Waals surface area contributed by atoms with E-state index >= 15 is 0 Å². The van der Waals surface area contributed by atoms with Gasteiger partial charge in [0, 0.05) is 19.3 Å². The van der Waals surface area contributed by atoms with Crippen molar-refractivity contribution < 1.29 is 4.79 Å². The van der Waals surface area contributed by atoms with Crippen LogP contribution in [0.4, 0.5) is 0 Å². The average Bonchev–Trinajstić information content (AvgIpc) is 2.66. The molecular formula is C8H13ClN4O. The highest BCUT2D eigenvalue weighted by molar-refractivity contribution is 6.17. The first-order valence-corrected chi connectivity index (χ1v) is 4.91. The number of amides is 1. The predicted octanol–water partition coefficient (Wildman–Crippen LogP) is 0.782. The molecule has 0 aliphatic rings. The van der Waals surface area contributed by atoms with Gasteiger partial charge >= 0.3 is 0 Å². The zero-order valence-corrected chi connectivity index (χ0v) is 8.79. The van der Waals surface area contributed by atoms with E-state index in [-0.39, 0.29) is 5.91 Å². The van der Waals surface area contributed by atoms with Gasteiger partial charge in [0.1, 0.15) is 12.2 Å². The van der Waals surface area contributed by atoms with Gasteiger partial charge in [0.15, 0.2) is 0 Å². The molecule has 0 aliphatic carbocycles. The number of aromatic amines is 1. The van der Waals surface area contributed by atoms with E-state index in [1.807, 2.05) is 0 Å². The number of halogens is 1. The first kappa shape index (κ1) is 11.0. The fourth-order valence-corrected chi connectivity index (χ4v) is 1.16. The number of hydrogen-bond donors (Lipinski definition) is 1. The van der Waals surface area contributed by atoms with E-state index in [1.54, 1.807) is 11.9 Å². The van der Waals surface area contributed by atoms with Crippen LogP contribution in [0.1, 0.15) is 18.7 Å². The van der Waals surface area contributed by atoms with Crippen molar-refractivity contribution in [2.45, 2.75) is 19.4 Å². The van der Waals surface area contributed by atoms with Crippen LogP contribution >= 0.6 is 11.6 Å². The van der Waals surface area contributed by atoms with Gasteiger partial charge in [-0.25, -0.2) is 4.98 Å². The van der Waals surface area contributed by atoms with E-state index < -0.39 is 0 Å². The van der Waals surface area contributed by atoms with Crippen LogP contribution in [-0.4, -0.2) is 38.9 Å². The molecule has 1 aromatic heterocycles. The van der Waals surface area contributed by atoms with Crippen molar-refractivity contribution in [2.75, 3.05) is 12.9 Å². The van der Waals surface area contributed by atoms with Crippen LogP contribution in [0.3, 0.4) is 0 Å². The molecule has 0 radical (unpaired) electrons. The highest BCUT2D eigenvalue weighted by Gasteiger charge is 2.09. The number of nitrogens with one attached hydrogen (secondary N) is 1. The second-order valence-electron chi connectivity index (χ2n) is 2.97. The fraction of sp³-hybridized carbons (Fsp3) is 0.625. The highest BCUT2D eigenvalue weighted by Crippen LogP contribution is 2.00. The number of carbonyl (C=O) groups is 1. The monoisotopic (exact) mass is 216 g/mol. The Morgan fingerprint density at radius 3 is 3.07 bits per heavy atom. The van der Waals surface area contributed by atoms with Gasteiger partial charge in [-0.3, -0.25) is 9.89 Å². The summed E-state index contributed by atoms with van der Waals surface area (Å²) in [6, 6.07) is 0. The molecule has 1 rings (SSSR count). The SMILES string of the molecule is CN(Cc1ncn[nH]1)C(=O)CCCCl. The molecule has 0 fully saturated rings. The van der Waals surface area contributed by atoms with Crippen molar-refractivity contribution >= 4 is 17.5 Å². The minimum Gasteiger partial charge on any atom is -0.338 e. The molecule has 0 aliphatic heterocycles. The summed E-state index contributed by atoms with van der Waals surface area (Å²) in [6.07, 6.45) is 2.61. The van der Waals surface area contributed by atoms with Crippen LogP contribution in [-0.2, 0) is 11.3 Å². The van der Waals surface area contributed by atoms with Crippen LogP contribution in [0.15, 0.2) is 6.33 Å². The maximum atomic E-state index is 11.4. The van der Waals surface area contributed by atoms with E-state index in [9.17, 15) is 4.79 Å². The summed E-state index contributed by atoms with van der Waals surface area (Å²) < 4.78 is 0. The molecule has 0 saturated heterocycles. The van der Waals surface area contributed by atoms with E-state index in [1.165, 1.54) is 6.33 Å². The van der Waals surface area contributed by atoms with E-state index in [2.05, 4.69) is 15.2 Å². The Morgan fingerprint density at radius 2 is 2.50 bits per heavy atom. The quantitative estimate of drug-likeness (QED) is 0.740. The summed E-state index contributed by atoms with van der Waals surface area (Å²) >= 11 is 5.49. The van der Waals surface area contributed by atoms with E-state index in [0.717, 1.165) is 0 Å². The first-order chi connectivity index (χ1) is 6.74. The number of carbonyl (C=O) groups excluding carboxylic acids is 1. The summed E-state index contributed by atoms with van der Waals surface area (Å²) in [4.78, 5) is 17.0. The van der Waals surface area contributed by atoms with Gasteiger partial charge in [0.2, 0.25) is 5.91 Å². The molecule has 1 aromatic rings. The van der Waals surface area contributed by atoms with Gasteiger partial charge in [-0.1, -0.05) is 0 Å². The Bertz CT molecular complexity index is 275. The van der Waals surface area contributed by atoms with Crippen LogP contribution < -0.4 is 0 Å². The van der Waals surface area contributed by atoms with Crippen LogP contribution in [0.5, 0.6) is 0 Å². The Kier molecular flexibility index (Phi) is 4.39. The summed E-state index contributed by atoms with van der Waals surface area (Å²) in [5, 5.41) is 6.40. The summed E-state index contributed by atoms with van der Waals surface area (Å²) in [5.41, 5.74) is 0. The zero-order chi connectivity index (χ0) is 10.4. The number of alkyl halides is 1. The lowest BCUT2D eigenvalue weighted by molar-refractivity contribution is -0.130. The van der Waals surface area contributed by atoms with Gasteiger partial charge in [-0.15, -0.1) is 11.6 Å². The Hall–Kier alpha value is -1.10. The molecule has 1 N–H and O–H groups in total. The average molecular weight is 217 g/mol. The van der Waals surface area contributed by atoms with E-state index in [4.69, 9.17) is 11.6 Å². The fourth-order valence-electron chi connectivity index (χ4n) is 1.03. The molecular weight excluding hydrogens is 204 g/mol. The summed E-state index contributed by atoms with van der Waals surface area (Å²) in [6.45, 7) is 0.459.